The van der Waals surface area contributed by atoms with Crippen LogP contribution in [-0.2, 0) is 19.4 Å². The monoisotopic (exact) mass is 315 g/mol. The molecule has 2 heterocycles. The summed E-state index contributed by atoms with van der Waals surface area (Å²) in [5.74, 6) is 0. The maximum atomic E-state index is 4.50. The normalized spacial score (nSPS) is 19.5. The van der Waals surface area contributed by atoms with Crippen molar-refractivity contribution in [3.05, 3.63) is 51.5 Å². The summed E-state index contributed by atoms with van der Waals surface area (Å²) in [5.41, 5.74) is 2.83. The Balaban J connectivity index is 1.75. The standard InChI is InChI=1S/C18H25N3S/c1-3-14-5-7-15(8-6-14)17-12-19-9-10-21(17)13-16-11-20-18(4-2)22-16/h5-8,11,17,19H,3-4,9-10,12-13H2,1-2H3. The van der Waals surface area contributed by atoms with Gasteiger partial charge in [-0.15, -0.1) is 11.3 Å². The lowest BCUT2D eigenvalue weighted by molar-refractivity contribution is 0.155. The summed E-state index contributed by atoms with van der Waals surface area (Å²) in [6.07, 6.45) is 4.20. The summed E-state index contributed by atoms with van der Waals surface area (Å²) in [6, 6.07) is 9.60. The van der Waals surface area contributed by atoms with Gasteiger partial charge in [0.2, 0.25) is 0 Å². The number of hydrogen-bond acceptors (Lipinski definition) is 4. The lowest BCUT2D eigenvalue weighted by Crippen LogP contribution is -2.45. The van der Waals surface area contributed by atoms with Crippen LogP contribution >= 0.6 is 11.3 Å². The minimum absolute atomic E-state index is 0.465. The number of nitrogens with zero attached hydrogens (tertiary/aromatic N) is 2. The third kappa shape index (κ3) is 3.57. The number of thiazole rings is 1. The van der Waals surface area contributed by atoms with E-state index in [1.165, 1.54) is 21.0 Å². The van der Waals surface area contributed by atoms with Gasteiger partial charge in [-0.2, -0.15) is 0 Å². The number of nitrogens with one attached hydrogen (secondary N) is 1. The van der Waals surface area contributed by atoms with Crippen molar-refractivity contribution >= 4 is 11.3 Å². The molecule has 1 fully saturated rings. The molecule has 0 spiro atoms. The highest BCUT2D eigenvalue weighted by atomic mass is 32.1. The van der Waals surface area contributed by atoms with Crippen LogP contribution in [0, 0.1) is 0 Å². The minimum Gasteiger partial charge on any atom is -0.314 e. The van der Waals surface area contributed by atoms with Gasteiger partial charge in [0, 0.05) is 43.3 Å². The Hall–Kier alpha value is -1.23. The maximum absolute atomic E-state index is 4.50. The van der Waals surface area contributed by atoms with Gasteiger partial charge in [0.15, 0.2) is 0 Å². The molecular weight excluding hydrogens is 290 g/mol. The molecule has 1 aliphatic rings. The smallest absolute Gasteiger partial charge is 0.0925 e. The van der Waals surface area contributed by atoms with Gasteiger partial charge in [-0.05, 0) is 24.0 Å². The van der Waals surface area contributed by atoms with Crippen molar-refractivity contribution in [3.63, 3.8) is 0 Å². The van der Waals surface area contributed by atoms with Gasteiger partial charge in [-0.25, -0.2) is 4.98 Å². The molecule has 1 atom stereocenters. The van der Waals surface area contributed by atoms with E-state index in [0.717, 1.165) is 39.0 Å². The van der Waals surface area contributed by atoms with Crippen molar-refractivity contribution < 1.29 is 0 Å². The molecule has 0 amide bonds. The van der Waals surface area contributed by atoms with E-state index >= 15 is 0 Å². The maximum Gasteiger partial charge on any atom is 0.0925 e. The van der Waals surface area contributed by atoms with Crippen molar-refractivity contribution in [2.24, 2.45) is 0 Å². The molecule has 4 heteroatoms. The lowest BCUT2D eigenvalue weighted by Gasteiger charge is -2.36. The van der Waals surface area contributed by atoms with Crippen LogP contribution in [0.5, 0.6) is 0 Å². The van der Waals surface area contributed by atoms with Gasteiger partial charge in [-0.1, -0.05) is 38.1 Å². The first-order valence-electron chi connectivity index (χ1n) is 8.27. The second-order valence-corrected chi connectivity index (χ2v) is 7.06. The van der Waals surface area contributed by atoms with Crippen molar-refractivity contribution in [1.82, 2.24) is 15.2 Å². The molecule has 1 aromatic heterocycles. The van der Waals surface area contributed by atoms with E-state index in [0.29, 0.717) is 6.04 Å². The van der Waals surface area contributed by atoms with Crippen LogP contribution in [0.1, 0.15) is 40.9 Å². The Kier molecular flexibility index (Phi) is 5.24. The van der Waals surface area contributed by atoms with Gasteiger partial charge in [0.1, 0.15) is 0 Å². The van der Waals surface area contributed by atoms with Crippen molar-refractivity contribution in [3.8, 4) is 0 Å². The Morgan fingerprint density at radius 3 is 2.73 bits per heavy atom. The van der Waals surface area contributed by atoms with Crippen molar-refractivity contribution in [2.75, 3.05) is 19.6 Å². The predicted octanol–water partition coefficient (Wildman–Crippen LogP) is 3.41. The quantitative estimate of drug-likeness (QED) is 0.916. The number of aromatic nitrogens is 1. The molecule has 0 saturated carbocycles. The van der Waals surface area contributed by atoms with Crippen LogP contribution in [0.2, 0.25) is 0 Å². The molecule has 0 bridgehead atoms. The summed E-state index contributed by atoms with van der Waals surface area (Å²) in [7, 11) is 0. The second kappa shape index (κ2) is 7.36. The number of aryl methyl sites for hydroxylation is 2. The summed E-state index contributed by atoms with van der Waals surface area (Å²) in [5, 5.41) is 4.78. The lowest BCUT2D eigenvalue weighted by atomic mass is 10.0. The molecule has 0 radical (unpaired) electrons. The Morgan fingerprint density at radius 1 is 1.23 bits per heavy atom. The molecule has 2 aromatic rings. The molecule has 118 valence electrons. The number of piperazine rings is 1. The fourth-order valence-electron chi connectivity index (χ4n) is 3.02. The van der Waals surface area contributed by atoms with Gasteiger partial charge < -0.3 is 5.32 Å². The SMILES string of the molecule is CCc1ccc(C2CNCCN2Cc2cnc(CC)s2)cc1. The number of benzene rings is 1. The van der Waals surface area contributed by atoms with Gasteiger partial charge in [0.05, 0.1) is 5.01 Å². The van der Waals surface area contributed by atoms with Gasteiger partial charge in [0.25, 0.3) is 0 Å². The largest absolute Gasteiger partial charge is 0.314 e. The van der Waals surface area contributed by atoms with Gasteiger partial charge in [-0.3, -0.25) is 4.90 Å². The molecule has 3 rings (SSSR count). The van der Waals surface area contributed by atoms with E-state index in [4.69, 9.17) is 0 Å². The fraction of sp³-hybridized carbons (Fsp3) is 0.500. The molecule has 1 aliphatic heterocycles. The zero-order chi connectivity index (χ0) is 15.4. The van der Waals surface area contributed by atoms with Crippen molar-refractivity contribution in [2.45, 2.75) is 39.3 Å². The van der Waals surface area contributed by atoms with E-state index in [1.807, 2.05) is 11.3 Å². The molecule has 22 heavy (non-hydrogen) atoms. The second-order valence-electron chi connectivity index (χ2n) is 5.86. The van der Waals surface area contributed by atoms with Crippen LogP contribution in [0.4, 0.5) is 0 Å². The molecule has 0 aliphatic carbocycles. The van der Waals surface area contributed by atoms with Crippen molar-refractivity contribution in [1.29, 1.82) is 0 Å². The Labute approximate surface area is 137 Å². The zero-order valence-electron chi connectivity index (χ0n) is 13.5. The topological polar surface area (TPSA) is 28.2 Å². The van der Waals surface area contributed by atoms with E-state index in [9.17, 15) is 0 Å². The summed E-state index contributed by atoms with van der Waals surface area (Å²) >= 11 is 1.86. The summed E-state index contributed by atoms with van der Waals surface area (Å²) < 4.78 is 0. The van der Waals surface area contributed by atoms with E-state index in [-0.39, 0.29) is 0 Å². The Bertz CT molecular complexity index is 591. The predicted molar refractivity (Wildman–Crippen MR) is 93.3 cm³/mol. The first-order valence-corrected chi connectivity index (χ1v) is 9.09. The first-order chi connectivity index (χ1) is 10.8. The van der Waals surface area contributed by atoms with E-state index in [1.54, 1.807) is 0 Å². The van der Waals surface area contributed by atoms with Crippen LogP contribution in [0.15, 0.2) is 30.5 Å². The highest BCUT2D eigenvalue weighted by Crippen LogP contribution is 2.26. The number of rotatable bonds is 5. The van der Waals surface area contributed by atoms with E-state index in [2.05, 4.69) is 59.5 Å². The average molecular weight is 315 g/mol. The van der Waals surface area contributed by atoms with Gasteiger partial charge >= 0.3 is 0 Å². The highest BCUT2D eigenvalue weighted by molar-refractivity contribution is 7.11. The van der Waals surface area contributed by atoms with E-state index < -0.39 is 0 Å². The zero-order valence-corrected chi connectivity index (χ0v) is 14.3. The molecule has 1 N–H and O–H groups in total. The van der Waals surface area contributed by atoms with Crippen LogP contribution in [0.25, 0.3) is 0 Å². The van der Waals surface area contributed by atoms with Crippen LogP contribution < -0.4 is 5.32 Å². The third-order valence-electron chi connectivity index (χ3n) is 4.39. The molecule has 1 aromatic carbocycles. The fourth-order valence-corrected chi connectivity index (χ4v) is 3.91. The highest BCUT2D eigenvalue weighted by Gasteiger charge is 2.24. The summed E-state index contributed by atoms with van der Waals surface area (Å²) in [6.45, 7) is 8.59. The minimum atomic E-state index is 0.465. The van der Waals surface area contributed by atoms with Crippen LogP contribution in [-0.4, -0.2) is 29.5 Å². The molecule has 1 unspecified atom stereocenters. The first kappa shape index (κ1) is 15.7. The third-order valence-corrected chi connectivity index (χ3v) is 5.52. The average Bonchev–Trinajstić information content (AvgIpc) is 3.03. The molecular formula is C18H25N3S. The number of hydrogen-bond donors (Lipinski definition) is 1. The Morgan fingerprint density at radius 2 is 2.05 bits per heavy atom. The molecule has 3 nitrogen and oxygen atoms in total. The molecule has 1 saturated heterocycles. The summed E-state index contributed by atoms with van der Waals surface area (Å²) in [4.78, 5) is 8.47. The van der Waals surface area contributed by atoms with Crippen LogP contribution in [0.3, 0.4) is 0 Å².